The van der Waals surface area contributed by atoms with E-state index < -0.39 is 120 Å². The summed E-state index contributed by atoms with van der Waals surface area (Å²) in [4.78, 5) is 110. The van der Waals surface area contributed by atoms with Crippen molar-refractivity contribution in [2.75, 3.05) is 6.54 Å². The zero-order chi connectivity index (χ0) is 47.1. The second kappa shape index (κ2) is 28.5. The molecular weight excluding hydrogens is 809 g/mol. The molecule has 21 nitrogen and oxygen atoms in total. The van der Waals surface area contributed by atoms with Gasteiger partial charge in [0.05, 0.1) is 25.0 Å². The molecule has 0 saturated carbocycles. The van der Waals surface area contributed by atoms with E-state index in [1.54, 1.807) is 27.7 Å². The molecule has 1 saturated heterocycles. The van der Waals surface area contributed by atoms with Crippen LogP contribution in [0.1, 0.15) is 132 Å². The van der Waals surface area contributed by atoms with E-state index >= 15 is 0 Å². The summed E-state index contributed by atoms with van der Waals surface area (Å²) in [6.45, 7) is 10.8. The Balaban J connectivity index is 3.18. The molecule has 1 fully saturated rings. The maximum Gasteiger partial charge on any atom is 0.328 e. The van der Waals surface area contributed by atoms with Crippen LogP contribution in [0.5, 0.6) is 0 Å². The van der Waals surface area contributed by atoms with Gasteiger partial charge in [-0.1, -0.05) is 85.5 Å². The van der Waals surface area contributed by atoms with Crippen LogP contribution in [-0.4, -0.2) is 125 Å². The fourth-order valence-corrected chi connectivity index (χ4v) is 6.66. The molecule has 9 atom stereocenters. The van der Waals surface area contributed by atoms with Gasteiger partial charge in [-0.2, -0.15) is 0 Å². The van der Waals surface area contributed by atoms with E-state index in [-0.39, 0.29) is 12.4 Å². The SMILES string of the molecule is CC(C)[C@@H]1NC(=O)[C@H](C(C)C)NC(=O)[C@@H](NC(=O)CC(O)CCCCCCCCCCCCN=C(N)N)C(C)OC(=O)[C@H](C)NC(=O)[C@H](CC(N)=O)NC(=O)[C@H](C(C)O)NC1=O. The molecule has 354 valence electrons. The molecule has 1 heterocycles. The number of aliphatic imine (C=N–C) groups is 1. The number of esters is 1. The minimum absolute atomic E-state index is 0.112. The van der Waals surface area contributed by atoms with Crippen LogP contribution in [0, 0.1) is 11.8 Å². The standard InChI is InChI=1S/C41H74N10O11/c1-22(2)31-36(57)49-32(23(3)4)37(58)51-33(25(6)52)38(59)47-28(21-29(42)54)35(56)46-24(5)40(61)62-26(7)34(39(60)50-31)48-30(55)20-27(53)18-16-14-12-10-8-9-11-13-15-17-19-45-41(43)44/h22-28,31-34,52-53H,8-21H2,1-7H3,(H2,42,54)(H,46,56)(H,47,59)(H,48,55)(H,49,57)(H,50,60)(H,51,58)(H4,43,44,45)/t24-,25?,26?,27?,28-,31-,32-,33-,34-/m0/s1. The zero-order valence-corrected chi connectivity index (χ0v) is 37.5. The summed E-state index contributed by atoms with van der Waals surface area (Å²) in [5, 5.41) is 35.8. The third kappa shape index (κ3) is 21.2. The maximum atomic E-state index is 13.9. The van der Waals surface area contributed by atoms with Gasteiger partial charge in [0.2, 0.25) is 41.4 Å². The molecular formula is C41H74N10O11. The molecule has 14 N–H and O–H groups in total. The van der Waals surface area contributed by atoms with E-state index in [9.17, 15) is 48.6 Å². The normalized spacial score (nSPS) is 24.5. The van der Waals surface area contributed by atoms with Crippen molar-refractivity contribution < 1.29 is 53.3 Å². The summed E-state index contributed by atoms with van der Waals surface area (Å²) < 4.78 is 5.52. The number of unbranched alkanes of at least 4 members (excludes halogenated alkanes) is 9. The summed E-state index contributed by atoms with van der Waals surface area (Å²) in [6.07, 6.45) is 5.31. The Labute approximate surface area is 365 Å². The van der Waals surface area contributed by atoms with E-state index in [2.05, 4.69) is 36.9 Å². The molecule has 0 spiro atoms. The van der Waals surface area contributed by atoms with Crippen molar-refractivity contribution in [3.8, 4) is 0 Å². The molecule has 7 amide bonds. The predicted molar refractivity (Wildman–Crippen MR) is 230 cm³/mol. The van der Waals surface area contributed by atoms with Crippen molar-refractivity contribution in [3.05, 3.63) is 0 Å². The van der Waals surface area contributed by atoms with Gasteiger partial charge in [-0.3, -0.25) is 38.6 Å². The number of cyclic esters (lactones) is 1. The predicted octanol–water partition coefficient (Wildman–Crippen LogP) is -1.26. The number of carbonyl (C=O) groups is 8. The number of ether oxygens (including phenoxy) is 1. The Bertz CT molecular complexity index is 1520. The number of rotatable bonds is 21. The first-order chi connectivity index (χ1) is 29.0. The number of aliphatic hydroxyl groups excluding tert-OH is 2. The van der Waals surface area contributed by atoms with Crippen molar-refractivity contribution in [3.63, 3.8) is 0 Å². The third-order valence-corrected chi connectivity index (χ3v) is 10.3. The maximum absolute atomic E-state index is 13.9. The first-order valence-electron chi connectivity index (χ1n) is 21.8. The molecule has 1 rings (SSSR count). The van der Waals surface area contributed by atoms with Crippen molar-refractivity contribution in [2.24, 2.45) is 34.0 Å². The number of carbonyl (C=O) groups excluding carboxylic acids is 8. The van der Waals surface area contributed by atoms with E-state index in [0.717, 1.165) is 57.8 Å². The number of nitrogens with two attached hydrogens (primary N) is 3. The lowest BCUT2D eigenvalue weighted by molar-refractivity contribution is -0.155. The lowest BCUT2D eigenvalue weighted by Crippen LogP contribution is -2.63. The highest BCUT2D eigenvalue weighted by atomic mass is 16.5. The van der Waals surface area contributed by atoms with Gasteiger partial charge in [-0.15, -0.1) is 0 Å². The molecule has 0 bridgehead atoms. The fourth-order valence-electron chi connectivity index (χ4n) is 6.66. The van der Waals surface area contributed by atoms with Crippen LogP contribution in [0.2, 0.25) is 0 Å². The Morgan fingerprint density at radius 2 is 1.13 bits per heavy atom. The lowest BCUT2D eigenvalue weighted by Gasteiger charge is -2.31. The van der Waals surface area contributed by atoms with Gasteiger partial charge in [-0.25, -0.2) is 4.79 Å². The molecule has 0 aromatic carbocycles. The number of nitrogens with zero attached hydrogens (tertiary/aromatic N) is 1. The molecule has 0 radical (unpaired) electrons. The second-order valence-corrected chi connectivity index (χ2v) is 16.8. The number of nitrogens with one attached hydrogen (secondary N) is 6. The van der Waals surface area contributed by atoms with E-state index in [1.807, 2.05) is 0 Å². The van der Waals surface area contributed by atoms with Gasteiger partial charge in [0.15, 0.2) is 5.96 Å². The summed E-state index contributed by atoms with van der Waals surface area (Å²) in [6, 6.07) is -8.99. The van der Waals surface area contributed by atoms with Gasteiger partial charge >= 0.3 is 5.97 Å². The number of amides is 7. The molecule has 21 heteroatoms. The Morgan fingerprint density at radius 3 is 1.61 bits per heavy atom. The molecule has 0 aliphatic carbocycles. The lowest BCUT2D eigenvalue weighted by atomic mass is 9.98. The van der Waals surface area contributed by atoms with Crippen LogP contribution in [0.15, 0.2) is 4.99 Å². The number of hydrogen-bond donors (Lipinski definition) is 11. The van der Waals surface area contributed by atoms with E-state index in [1.165, 1.54) is 20.8 Å². The topological polar surface area (TPSA) is 349 Å². The summed E-state index contributed by atoms with van der Waals surface area (Å²) >= 11 is 0. The van der Waals surface area contributed by atoms with Gasteiger partial charge in [0, 0.05) is 6.54 Å². The monoisotopic (exact) mass is 883 g/mol. The molecule has 62 heavy (non-hydrogen) atoms. The van der Waals surface area contributed by atoms with Crippen molar-refractivity contribution in [1.82, 2.24) is 31.9 Å². The largest absolute Gasteiger partial charge is 0.458 e. The van der Waals surface area contributed by atoms with Crippen LogP contribution < -0.4 is 49.1 Å². The van der Waals surface area contributed by atoms with Crippen molar-refractivity contribution in [2.45, 2.75) is 186 Å². The number of primary amides is 1. The minimum Gasteiger partial charge on any atom is -0.458 e. The van der Waals surface area contributed by atoms with Crippen LogP contribution >= 0.6 is 0 Å². The number of hydrogen-bond acceptors (Lipinski definition) is 12. The number of guanidine groups is 1. The molecule has 3 unspecified atom stereocenters. The van der Waals surface area contributed by atoms with Gasteiger partial charge < -0.3 is 64.1 Å². The first-order valence-corrected chi connectivity index (χ1v) is 21.8. The van der Waals surface area contributed by atoms with Crippen LogP contribution in [-0.2, 0) is 43.1 Å². The van der Waals surface area contributed by atoms with E-state index in [4.69, 9.17) is 21.9 Å². The highest BCUT2D eigenvalue weighted by Crippen LogP contribution is 2.15. The quantitative estimate of drug-likeness (QED) is 0.0278. The Kier molecular flexibility index (Phi) is 25.3. The van der Waals surface area contributed by atoms with E-state index in [0.29, 0.717) is 19.4 Å². The van der Waals surface area contributed by atoms with Crippen LogP contribution in [0.25, 0.3) is 0 Å². The zero-order valence-electron chi connectivity index (χ0n) is 37.5. The first kappa shape index (κ1) is 55.0. The molecule has 0 aromatic heterocycles. The number of aliphatic hydroxyl groups is 2. The van der Waals surface area contributed by atoms with Gasteiger partial charge in [-0.05, 0) is 45.4 Å². The molecule has 0 aromatic rings. The van der Waals surface area contributed by atoms with Gasteiger partial charge in [0.1, 0.15) is 42.4 Å². The Morgan fingerprint density at radius 1 is 0.661 bits per heavy atom. The Hall–Kier alpha value is -5.05. The molecule has 1 aliphatic heterocycles. The summed E-state index contributed by atoms with van der Waals surface area (Å²) in [5.41, 5.74) is 16.0. The van der Waals surface area contributed by atoms with Crippen LogP contribution in [0.3, 0.4) is 0 Å². The average Bonchev–Trinajstić information content (AvgIpc) is 3.16. The summed E-state index contributed by atoms with van der Waals surface area (Å²) in [7, 11) is 0. The second-order valence-electron chi connectivity index (χ2n) is 16.8. The summed E-state index contributed by atoms with van der Waals surface area (Å²) in [5.74, 6) is -8.62. The average molecular weight is 883 g/mol. The smallest absolute Gasteiger partial charge is 0.328 e. The van der Waals surface area contributed by atoms with Crippen molar-refractivity contribution in [1.29, 1.82) is 0 Å². The minimum atomic E-state index is -1.68. The molecule has 1 aliphatic rings. The van der Waals surface area contributed by atoms with Gasteiger partial charge in [0.25, 0.3) is 0 Å². The fraction of sp³-hybridized carbons (Fsp3) is 0.780. The highest BCUT2D eigenvalue weighted by Gasteiger charge is 2.39. The van der Waals surface area contributed by atoms with Crippen LogP contribution in [0.4, 0.5) is 0 Å². The third-order valence-electron chi connectivity index (χ3n) is 10.3. The highest BCUT2D eigenvalue weighted by molar-refractivity contribution is 5.98. The van der Waals surface area contributed by atoms with Crippen molar-refractivity contribution >= 4 is 53.3 Å².